The zero-order valence-corrected chi connectivity index (χ0v) is 16.2. The molecule has 136 valence electrons. The van der Waals surface area contributed by atoms with Crippen molar-refractivity contribution >= 4 is 49.9 Å². The van der Waals surface area contributed by atoms with E-state index in [1.807, 2.05) is 29.6 Å². The van der Waals surface area contributed by atoms with Crippen molar-refractivity contribution in [1.29, 1.82) is 0 Å². The first-order chi connectivity index (χ1) is 13.0. The van der Waals surface area contributed by atoms with Crippen molar-refractivity contribution in [2.75, 3.05) is 10.6 Å². The summed E-state index contributed by atoms with van der Waals surface area (Å²) in [7, 11) is 0. The highest BCUT2D eigenvalue weighted by molar-refractivity contribution is 9.10. The van der Waals surface area contributed by atoms with Crippen molar-refractivity contribution in [3.63, 3.8) is 0 Å². The number of fused-ring (bicyclic) bond motifs is 1. The van der Waals surface area contributed by atoms with E-state index in [1.165, 1.54) is 29.5 Å². The highest BCUT2D eigenvalue weighted by Crippen LogP contribution is 2.34. The van der Waals surface area contributed by atoms with Crippen molar-refractivity contribution < 1.29 is 14.0 Å². The highest BCUT2D eigenvalue weighted by Gasteiger charge is 2.31. The first-order valence-corrected chi connectivity index (χ1v) is 9.78. The van der Waals surface area contributed by atoms with E-state index in [4.69, 9.17) is 0 Å². The molecular weight excluding hydrogens is 433 g/mol. The van der Waals surface area contributed by atoms with Gasteiger partial charge in [-0.15, -0.1) is 11.3 Å². The molecule has 0 saturated carbocycles. The van der Waals surface area contributed by atoms with Crippen molar-refractivity contribution in [3.05, 3.63) is 63.7 Å². The van der Waals surface area contributed by atoms with Gasteiger partial charge >= 0.3 is 0 Å². The number of anilines is 2. The minimum absolute atomic E-state index is 0.00934. The summed E-state index contributed by atoms with van der Waals surface area (Å²) in [6, 6.07) is 11.7. The molecule has 0 bridgehead atoms. The Bertz CT molecular complexity index is 1040. The summed E-state index contributed by atoms with van der Waals surface area (Å²) in [5, 5.41) is 7.69. The Morgan fingerprint density at radius 3 is 2.81 bits per heavy atom. The van der Waals surface area contributed by atoms with E-state index in [2.05, 4.69) is 31.5 Å². The molecule has 2 heterocycles. The maximum absolute atomic E-state index is 13.4. The van der Waals surface area contributed by atoms with Gasteiger partial charge in [-0.2, -0.15) is 0 Å². The van der Waals surface area contributed by atoms with Crippen LogP contribution < -0.4 is 10.6 Å². The fraction of sp³-hybridized carbons (Fsp3) is 0.105. The maximum Gasteiger partial charge on any atom is 0.234 e. The predicted octanol–water partition coefficient (Wildman–Crippen LogP) is 4.78. The molecule has 0 fully saturated rings. The Hall–Kier alpha value is -2.58. The van der Waals surface area contributed by atoms with E-state index >= 15 is 0 Å². The molecule has 0 aliphatic carbocycles. The number of rotatable bonds is 3. The monoisotopic (exact) mass is 445 g/mol. The highest BCUT2D eigenvalue weighted by atomic mass is 79.9. The number of benzene rings is 2. The third-order valence-electron chi connectivity index (χ3n) is 4.25. The van der Waals surface area contributed by atoms with Crippen molar-refractivity contribution in [2.24, 2.45) is 0 Å². The zero-order valence-electron chi connectivity index (χ0n) is 13.8. The van der Waals surface area contributed by atoms with E-state index in [0.29, 0.717) is 16.4 Å². The van der Waals surface area contributed by atoms with Crippen LogP contribution in [0, 0.1) is 5.82 Å². The molecule has 1 aliphatic heterocycles. The van der Waals surface area contributed by atoms with Gasteiger partial charge in [-0.1, -0.05) is 34.1 Å². The lowest BCUT2D eigenvalue weighted by molar-refractivity contribution is -0.123. The number of hydrogen-bond acceptors (Lipinski definition) is 4. The molecule has 0 spiro atoms. The molecule has 8 heteroatoms. The largest absolute Gasteiger partial charge is 0.326 e. The maximum atomic E-state index is 13.4. The van der Waals surface area contributed by atoms with Crippen molar-refractivity contribution in [3.8, 4) is 11.3 Å². The average molecular weight is 446 g/mol. The number of amides is 2. The summed E-state index contributed by atoms with van der Waals surface area (Å²) in [6.45, 7) is 0. The van der Waals surface area contributed by atoms with Gasteiger partial charge in [0.15, 0.2) is 5.13 Å². The quantitative estimate of drug-likeness (QED) is 0.609. The summed E-state index contributed by atoms with van der Waals surface area (Å²) in [5.41, 5.74) is 2.62. The van der Waals surface area contributed by atoms with Gasteiger partial charge in [-0.05, 0) is 29.8 Å². The molecule has 5 nitrogen and oxygen atoms in total. The number of aromatic nitrogens is 1. The van der Waals surface area contributed by atoms with Crippen LogP contribution in [0.1, 0.15) is 17.9 Å². The lowest BCUT2D eigenvalue weighted by Crippen LogP contribution is -2.30. The number of nitrogens with one attached hydrogen (secondary N) is 2. The number of halogens is 2. The summed E-state index contributed by atoms with van der Waals surface area (Å²) < 4.78 is 14.4. The van der Waals surface area contributed by atoms with Gasteiger partial charge in [0.05, 0.1) is 11.6 Å². The van der Waals surface area contributed by atoms with Gasteiger partial charge in [-0.25, -0.2) is 9.37 Å². The number of carbonyl (C=O) groups is 2. The average Bonchev–Trinajstić information content (AvgIpc) is 3.09. The molecule has 3 aromatic rings. The van der Waals surface area contributed by atoms with Gasteiger partial charge in [-0.3, -0.25) is 9.59 Å². The second-order valence-corrected chi connectivity index (χ2v) is 7.84. The Kier molecular flexibility index (Phi) is 4.75. The van der Waals surface area contributed by atoms with Crippen LogP contribution in [-0.4, -0.2) is 16.8 Å². The van der Waals surface area contributed by atoms with Crippen LogP contribution in [0.4, 0.5) is 15.2 Å². The topological polar surface area (TPSA) is 71.1 Å². The van der Waals surface area contributed by atoms with Gasteiger partial charge in [0.25, 0.3) is 0 Å². The Labute approximate surface area is 166 Å². The summed E-state index contributed by atoms with van der Waals surface area (Å²) in [5.74, 6) is -1.80. The molecule has 2 N–H and O–H groups in total. The fourth-order valence-electron chi connectivity index (χ4n) is 2.95. The Balaban J connectivity index is 1.55. The number of nitrogens with zero attached hydrogens (tertiary/aromatic N) is 1. The van der Waals surface area contributed by atoms with E-state index in [-0.39, 0.29) is 18.2 Å². The Morgan fingerprint density at radius 2 is 2.04 bits per heavy atom. The van der Waals surface area contributed by atoms with Crippen LogP contribution in [0.5, 0.6) is 0 Å². The van der Waals surface area contributed by atoms with E-state index in [9.17, 15) is 14.0 Å². The lowest BCUT2D eigenvalue weighted by atomic mass is 9.90. The minimum Gasteiger partial charge on any atom is -0.326 e. The fourth-order valence-corrected chi connectivity index (χ4v) is 3.93. The minimum atomic E-state index is -0.686. The SMILES string of the molecule is O=C1CC(C(=O)Nc2nc(-c3ccc(Br)cc3)cs2)c2ccc(F)cc2N1. The van der Waals surface area contributed by atoms with Gasteiger partial charge in [0.2, 0.25) is 11.8 Å². The van der Waals surface area contributed by atoms with Crippen LogP contribution in [0.25, 0.3) is 11.3 Å². The molecule has 0 saturated heterocycles. The molecule has 1 unspecified atom stereocenters. The summed E-state index contributed by atoms with van der Waals surface area (Å²) >= 11 is 4.70. The molecule has 1 aliphatic rings. The normalized spacial score (nSPS) is 15.8. The second kappa shape index (κ2) is 7.21. The van der Waals surface area contributed by atoms with Gasteiger partial charge in [0.1, 0.15) is 5.82 Å². The summed E-state index contributed by atoms with van der Waals surface area (Å²) in [6.07, 6.45) is 0.00934. The van der Waals surface area contributed by atoms with Gasteiger partial charge in [0, 0.05) is 27.5 Å². The number of thiazole rings is 1. The molecule has 1 atom stereocenters. The standard InChI is InChI=1S/C19H13BrFN3O2S/c20-11-3-1-10(2-4-11)16-9-27-19(23-16)24-18(26)14-8-17(25)22-15-7-12(21)5-6-13(14)15/h1-7,9,14H,8H2,(H,22,25)(H,23,24,26). The van der Waals surface area contributed by atoms with Crippen LogP contribution in [0.2, 0.25) is 0 Å². The summed E-state index contributed by atoms with van der Waals surface area (Å²) in [4.78, 5) is 29.1. The number of hydrogen-bond donors (Lipinski definition) is 2. The third-order valence-corrected chi connectivity index (χ3v) is 5.53. The van der Waals surface area contributed by atoms with E-state index < -0.39 is 11.7 Å². The second-order valence-electron chi connectivity index (χ2n) is 6.07. The molecule has 4 rings (SSSR count). The molecule has 2 amide bonds. The molecule has 1 aromatic heterocycles. The lowest BCUT2D eigenvalue weighted by Gasteiger charge is -2.24. The van der Waals surface area contributed by atoms with E-state index in [1.54, 1.807) is 0 Å². The zero-order chi connectivity index (χ0) is 19.0. The van der Waals surface area contributed by atoms with Crippen LogP contribution >= 0.6 is 27.3 Å². The smallest absolute Gasteiger partial charge is 0.234 e. The van der Waals surface area contributed by atoms with Crippen LogP contribution in [-0.2, 0) is 9.59 Å². The first-order valence-electron chi connectivity index (χ1n) is 8.11. The van der Waals surface area contributed by atoms with Crippen molar-refractivity contribution in [1.82, 2.24) is 4.98 Å². The molecular formula is C19H13BrFN3O2S. The Morgan fingerprint density at radius 1 is 1.26 bits per heavy atom. The molecule has 27 heavy (non-hydrogen) atoms. The molecule has 0 radical (unpaired) electrons. The van der Waals surface area contributed by atoms with E-state index in [0.717, 1.165) is 15.7 Å². The predicted molar refractivity (Wildman–Crippen MR) is 106 cm³/mol. The first kappa shape index (κ1) is 17.8. The third kappa shape index (κ3) is 3.77. The van der Waals surface area contributed by atoms with Gasteiger partial charge < -0.3 is 10.6 Å². The molecule has 2 aromatic carbocycles. The van der Waals surface area contributed by atoms with Crippen LogP contribution in [0.3, 0.4) is 0 Å². The van der Waals surface area contributed by atoms with Crippen LogP contribution in [0.15, 0.2) is 52.3 Å². The van der Waals surface area contributed by atoms with Crippen molar-refractivity contribution in [2.45, 2.75) is 12.3 Å². The number of carbonyl (C=O) groups excluding carboxylic acids is 2.